The number of aromatic hydroxyl groups is 1. The number of benzene rings is 2. The lowest BCUT2D eigenvalue weighted by Crippen LogP contribution is -2.43. The molecule has 0 aromatic heterocycles. The first-order valence-electron chi connectivity index (χ1n) is 7.92. The van der Waals surface area contributed by atoms with Crippen LogP contribution in [0.4, 0.5) is 10.5 Å². The number of ether oxygens (including phenoxy) is 2. The molecule has 1 unspecified atom stereocenters. The van der Waals surface area contributed by atoms with E-state index in [0.29, 0.717) is 5.56 Å². The summed E-state index contributed by atoms with van der Waals surface area (Å²) in [6.07, 6.45) is -0.862. The number of phenols is 1. The molecule has 2 N–H and O–H groups in total. The highest BCUT2D eigenvalue weighted by atomic mass is 16.6. The number of carbonyl (C=O) groups is 2. The zero-order chi connectivity index (χ0) is 19.8. The van der Waals surface area contributed by atoms with Gasteiger partial charge in [-0.1, -0.05) is 36.4 Å². The zero-order valence-corrected chi connectivity index (χ0v) is 14.5. The number of nitro groups is 1. The number of nitro benzene ring substituents is 1. The molecule has 9 heteroatoms. The van der Waals surface area contributed by atoms with Gasteiger partial charge in [0.15, 0.2) is 5.75 Å². The second kappa shape index (κ2) is 9.18. The molecule has 27 heavy (non-hydrogen) atoms. The first-order valence-corrected chi connectivity index (χ1v) is 7.92. The van der Waals surface area contributed by atoms with Crippen LogP contribution in [0.5, 0.6) is 5.75 Å². The third kappa shape index (κ3) is 5.70. The first-order chi connectivity index (χ1) is 12.9. The lowest BCUT2D eigenvalue weighted by molar-refractivity contribution is -0.385. The number of hydrogen-bond donors (Lipinski definition) is 2. The fraction of sp³-hybridized carbons (Fsp3) is 0.222. The Hall–Kier alpha value is -3.62. The maximum absolute atomic E-state index is 12.0. The molecule has 0 aliphatic heterocycles. The second-order valence-electron chi connectivity index (χ2n) is 5.57. The molecule has 0 saturated carbocycles. The number of methoxy groups -OCH3 is 1. The van der Waals surface area contributed by atoms with Gasteiger partial charge in [0.05, 0.1) is 12.0 Å². The lowest BCUT2D eigenvalue weighted by Gasteiger charge is -2.16. The summed E-state index contributed by atoms with van der Waals surface area (Å²) in [6, 6.07) is 11.6. The molecule has 0 aliphatic carbocycles. The summed E-state index contributed by atoms with van der Waals surface area (Å²) < 4.78 is 9.73. The molecule has 9 nitrogen and oxygen atoms in total. The van der Waals surface area contributed by atoms with E-state index in [4.69, 9.17) is 4.74 Å². The van der Waals surface area contributed by atoms with Crippen molar-refractivity contribution >= 4 is 17.7 Å². The molecule has 2 aromatic rings. The Labute approximate surface area is 154 Å². The van der Waals surface area contributed by atoms with Gasteiger partial charge in [0.1, 0.15) is 12.6 Å². The van der Waals surface area contributed by atoms with Gasteiger partial charge >= 0.3 is 17.7 Å². The van der Waals surface area contributed by atoms with Crippen molar-refractivity contribution in [3.63, 3.8) is 0 Å². The van der Waals surface area contributed by atoms with Gasteiger partial charge in [-0.05, 0) is 17.2 Å². The van der Waals surface area contributed by atoms with Crippen LogP contribution in [0.25, 0.3) is 0 Å². The van der Waals surface area contributed by atoms with E-state index in [1.165, 1.54) is 13.2 Å². The van der Waals surface area contributed by atoms with Crippen molar-refractivity contribution < 1.29 is 29.1 Å². The van der Waals surface area contributed by atoms with Gasteiger partial charge in [-0.15, -0.1) is 0 Å². The predicted molar refractivity (Wildman–Crippen MR) is 94.0 cm³/mol. The van der Waals surface area contributed by atoms with Crippen LogP contribution in [-0.2, 0) is 27.3 Å². The van der Waals surface area contributed by atoms with Gasteiger partial charge in [-0.3, -0.25) is 10.1 Å². The number of esters is 1. The van der Waals surface area contributed by atoms with E-state index in [0.717, 1.165) is 17.7 Å². The van der Waals surface area contributed by atoms with Crippen molar-refractivity contribution in [2.75, 3.05) is 7.11 Å². The van der Waals surface area contributed by atoms with Crippen LogP contribution in [0.2, 0.25) is 0 Å². The summed E-state index contributed by atoms with van der Waals surface area (Å²) in [7, 11) is 1.17. The van der Waals surface area contributed by atoms with E-state index in [1.807, 2.05) is 6.07 Å². The number of nitrogens with zero attached hydrogens (tertiary/aromatic N) is 1. The van der Waals surface area contributed by atoms with Crippen LogP contribution in [0.1, 0.15) is 11.1 Å². The van der Waals surface area contributed by atoms with Gasteiger partial charge in [-0.2, -0.15) is 0 Å². The summed E-state index contributed by atoms with van der Waals surface area (Å²) in [5.74, 6) is -1.25. The highest BCUT2D eigenvalue weighted by molar-refractivity contribution is 5.81. The Morgan fingerprint density at radius 3 is 2.48 bits per heavy atom. The molecule has 142 valence electrons. The van der Waals surface area contributed by atoms with E-state index < -0.39 is 34.5 Å². The van der Waals surface area contributed by atoms with Gasteiger partial charge < -0.3 is 19.9 Å². The van der Waals surface area contributed by atoms with Crippen LogP contribution >= 0.6 is 0 Å². The predicted octanol–water partition coefficient (Wildman–Crippen LogP) is 2.31. The average molecular weight is 374 g/mol. The van der Waals surface area contributed by atoms with Crippen LogP contribution in [0.3, 0.4) is 0 Å². The zero-order valence-electron chi connectivity index (χ0n) is 14.5. The SMILES string of the molecule is COC(=O)C(Cc1ccc([N+](=O)[O-])c(O)c1)NC(=O)OCc1ccccc1. The number of alkyl carbamates (subject to hydrolysis) is 1. The molecule has 0 saturated heterocycles. The Balaban J connectivity index is 2.02. The van der Waals surface area contributed by atoms with Gasteiger partial charge in [-0.25, -0.2) is 9.59 Å². The molecule has 0 radical (unpaired) electrons. The van der Waals surface area contributed by atoms with E-state index in [-0.39, 0.29) is 13.0 Å². The highest BCUT2D eigenvalue weighted by Crippen LogP contribution is 2.26. The summed E-state index contributed by atoms with van der Waals surface area (Å²) in [4.78, 5) is 33.9. The topological polar surface area (TPSA) is 128 Å². The van der Waals surface area contributed by atoms with Gasteiger partial charge in [0, 0.05) is 12.5 Å². The van der Waals surface area contributed by atoms with E-state index in [1.54, 1.807) is 24.3 Å². The Morgan fingerprint density at radius 2 is 1.89 bits per heavy atom. The average Bonchev–Trinajstić information content (AvgIpc) is 2.65. The molecule has 0 bridgehead atoms. The minimum absolute atomic E-state index is 0.0267. The molecular weight excluding hydrogens is 356 g/mol. The van der Waals surface area contributed by atoms with E-state index >= 15 is 0 Å². The van der Waals surface area contributed by atoms with Crippen LogP contribution in [-0.4, -0.2) is 35.2 Å². The molecule has 1 amide bonds. The third-order valence-electron chi connectivity index (χ3n) is 3.67. The normalized spacial score (nSPS) is 11.3. The van der Waals surface area contributed by atoms with Crippen molar-refractivity contribution in [2.45, 2.75) is 19.1 Å². The number of amides is 1. The van der Waals surface area contributed by atoms with Crippen molar-refractivity contribution in [2.24, 2.45) is 0 Å². The van der Waals surface area contributed by atoms with Crippen molar-refractivity contribution in [1.82, 2.24) is 5.32 Å². The molecule has 0 aliphatic rings. The number of carbonyl (C=O) groups excluding carboxylic acids is 2. The number of phenolic OH excluding ortho intramolecular Hbond substituents is 1. The monoisotopic (exact) mass is 374 g/mol. The minimum Gasteiger partial charge on any atom is -0.502 e. The smallest absolute Gasteiger partial charge is 0.408 e. The van der Waals surface area contributed by atoms with Crippen molar-refractivity contribution in [3.8, 4) is 5.75 Å². The maximum Gasteiger partial charge on any atom is 0.408 e. The van der Waals surface area contributed by atoms with Crippen LogP contribution in [0.15, 0.2) is 48.5 Å². The summed E-state index contributed by atoms with van der Waals surface area (Å²) in [5.41, 5.74) is 0.725. The number of hydrogen-bond acceptors (Lipinski definition) is 7. The molecule has 0 heterocycles. The van der Waals surface area contributed by atoms with E-state index in [2.05, 4.69) is 10.1 Å². The van der Waals surface area contributed by atoms with Crippen molar-refractivity contribution in [1.29, 1.82) is 0 Å². The Bertz CT molecular complexity index is 824. The maximum atomic E-state index is 12.0. The Kier molecular flexibility index (Phi) is 6.70. The fourth-order valence-corrected chi connectivity index (χ4v) is 2.33. The third-order valence-corrected chi connectivity index (χ3v) is 3.67. The van der Waals surface area contributed by atoms with Crippen LogP contribution in [0, 0.1) is 10.1 Å². The fourth-order valence-electron chi connectivity index (χ4n) is 2.33. The second-order valence-corrected chi connectivity index (χ2v) is 5.57. The van der Waals surface area contributed by atoms with Crippen LogP contribution < -0.4 is 5.32 Å². The lowest BCUT2D eigenvalue weighted by atomic mass is 10.1. The van der Waals surface area contributed by atoms with E-state index in [9.17, 15) is 24.8 Å². The Morgan fingerprint density at radius 1 is 1.19 bits per heavy atom. The molecule has 0 spiro atoms. The quantitative estimate of drug-likeness (QED) is 0.432. The number of nitrogens with one attached hydrogen (secondary N) is 1. The van der Waals surface area contributed by atoms with Crippen molar-refractivity contribution in [3.05, 3.63) is 69.8 Å². The molecule has 2 aromatic carbocycles. The van der Waals surface area contributed by atoms with Gasteiger partial charge in [0.25, 0.3) is 0 Å². The molecule has 2 rings (SSSR count). The summed E-state index contributed by atoms with van der Waals surface area (Å²) in [5, 5.41) is 22.8. The molecule has 1 atom stereocenters. The molecule has 0 fully saturated rings. The molecular formula is C18H18N2O7. The summed E-state index contributed by atoms with van der Waals surface area (Å²) in [6.45, 7) is 0.0267. The summed E-state index contributed by atoms with van der Waals surface area (Å²) >= 11 is 0. The standard InChI is InChI=1S/C18H18N2O7/c1-26-17(22)14(9-13-7-8-15(20(24)25)16(21)10-13)19-18(23)27-11-12-5-3-2-4-6-12/h2-8,10,14,21H,9,11H2,1H3,(H,19,23). The number of rotatable bonds is 7. The first kappa shape index (κ1) is 19.7. The minimum atomic E-state index is -1.08. The van der Waals surface area contributed by atoms with Gasteiger partial charge in [0.2, 0.25) is 0 Å². The highest BCUT2D eigenvalue weighted by Gasteiger charge is 2.24. The largest absolute Gasteiger partial charge is 0.502 e.